The predicted molar refractivity (Wildman–Crippen MR) is 94.6 cm³/mol. The third-order valence-electron chi connectivity index (χ3n) is 3.81. The quantitative estimate of drug-likeness (QED) is 0.509. The van der Waals surface area contributed by atoms with E-state index in [1.54, 1.807) is 12.4 Å². The number of fused-ring (bicyclic) bond motifs is 1. The molecule has 0 fully saturated rings. The van der Waals surface area contributed by atoms with Gasteiger partial charge in [-0.3, -0.25) is 4.98 Å². The molecular weight excluding hydrogens is 282 g/mol. The molecule has 0 N–H and O–H groups in total. The summed E-state index contributed by atoms with van der Waals surface area (Å²) >= 11 is 0. The molecule has 3 nitrogen and oxygen atoms in total. The fourth-order valence-corrected chi connectivity index (χ4v) is 2.68. The van der Waals surface area contributed by atoms with Crippen LogP contribution < -0.4 is 0 Å². The normalized spacial score (nSPS) is 11.3. The highest BCUT2D eigenvalue weighted by atomic mass is 15.3. The van der Waals surface area contributed by atoms with Gasteiger partial charge in [0.15, 0.2) is 0 Å². The molecule has 0 radical (unpaired) electrons. The molecule has 3 heteroatoms. The zero-order valence-electron chi connectivity index (χ0n) is 12.5. The summed E-state index contributed by atoms with van der Waals surface area (Å²) in [7, 11) is 0. The first-order valence-corrected chi connectivity index (χ1v) is 7.52. The van der Waals surface area contributed by atoms with E-state index in [4.69, 9.17) is 0 Å². The van der Waals surface area contributed by atoms with Gasteiger partial charge >= 0.3 is 0 Å². The van der Waals surface area contributed by atoms with Crippen molar-refractivity contribution in [1.29, 1.82) is 0 Å². The summed E-state index contributed by atoms with van der Waals surface area (Å²) in [5, 5.41) is 5.81. The van der Waals surface area contributed by atoms with Crippen molar-refractivity contribution in [3.63, 3.8) is 0 Å². The van der Waals surface area contributed by atoms with Crippen molar-refractivity contribution in [2.75, 3.05) is 0 Å². The number of hydrogen-bond donors (Lipinski definition) is 0. The fraction of sp³-hybridized carbons (Fsp3) is 0. The Labute approximate surface area is 134 Å². The highest BCUT2D eigenvalue weighted by Gasteiger charge is 2.08. The lowest BCUT2D eigenvalue weighted by atomic mass is 10.1. The second-order valence-electron chi connectivity index (χ2n) is 5.30. The zero-order valence-corrected chi connectivity index (χ0v) is 12.5. The van der Waals surface area contributed by atoms with Crippen LogP contribution in [0.3, 0.4) is 0 Å². The Morgan fingerprint density at radius 3 is 2.39 bits per heavy atom. The molecule has 0 saturated carbocycles. The maximum absolute atomic E-state index is 4.61. The topological polar surface area (TPSA) is 30.2 Å². The third-order valence-corrected chi connectivity index (χ3v) is 3.81. The Balaban J connectivity index is 1.83. The lowest BCUT2D eigenvalue weighted by Gasteiger charge is -1.97. The summed E-state index contributed by atoms with van der Waals surface area (Å²) in [6.45, 7) is 0. The summed E-state index contributed by atoms with van der Waals surface area (Å²) in [6, 6.07) is 22.6. The third kappa shape index (κ3) is 2.64. The maximum Gasteiger partial charge on any atom is 0.0724 e. The van der Waals surface area contributed by atoms with E-state index in [2.05, 4.69) is 58.7 Å². The van der Waals surface area contributed by atoms with Crippen LogP contribution in [0.5, 0.6) is 0 Å². The average molecular weight is 297 g/mol. The molecule has 0 amide bonds. The van der Waals surface area contributed by atoms with Crippen LogP contribution in [0.2, 0.25) is 0 Å². The molecule has 0 saturated heterocycles. The number of nitrogens with zero attached hydrogens (tertiary/aromatic N) is 3. The molecule has 0 aliphatic rings. The van der Waals surface area contributed by atoms with Gasteiger partial charge in [0.05, 0.1) is 11.7 Å². The van der Waals surface area contributed by atoms with Gasteiger partial charge in [-0.1, -0.05) is 48.5 Å². The van der Waals surface area contributed by atoms with Crippen LogP contribution in [-0.4, -0.2) is 15.9 Å². The molecule has 2 heterocycles. The van der Waals surface area contributed by atoms with Crippen molar-refractivity contribution in [2.24, 2.45) is 5.10 Å². The van der Waals surface area contributed by atoms with Crippen molar-refractivity contribution < 1.29 is 0 Å². The Bertz CT molecular complexity index is 954. The van der Waals surface area contributed by atoms with E-state index in [-0.39, 0.29) is 0 Å². The molecule has 0 atom stereocenters. The van der Waals surface area contributed by atoms with Crippen LogP contribution in [0.15, 0.2) is 90.4 Å². The Kier molecular flexibility index (Phi) is 3.45. The van der Waals surface area contributed by atoms with E-state index in [1.807, 2.05) is 35.2 Å². The minimum atomic E-state index is 1.03. The van der Waals surface area contributed by atoms with Gasteiger partial charge in [0, 0.05) is 29.5 Å². The van der Waals surface area contributed by atoms with Gasteiger partial charge in [0.25, 0.3) is 0 Å². The van der Waals surface area contributed by atoms with Crippen molar-refractivity contribution >= 4 is 17.1 Å². The van der Waals surface area contributed by atoms with Crippen LogP contribution >= 0.6 is 0 Å². The predicted octanol–water partition coefficient (Wildman–Crippen LogP) is 4.59. The van der Waals surface area contributed by atoms with Crippen molar-refractivity contribution in [2.45, 2.75) is 0 Å². The Hall–Kier alpha value is -3.20. The molecular formula is C20H15N3. The number of aromatic nitrogens is 2. The number of pyridine rings is 1. The van der Waals surface area contributed by atoms with Crippen LogP contribution in [0.4, 0.5) is 0 Å². The van der Waals surface area contributed by atoms with Gasteiger partial charge in [-0.15, -0.1) is 0 Å². The van der Waals surface area contributed by atoms with Crippen LogP contribution in [0, 0.1) is 0 Å². The number of para-hydroxylation sites is 1. The summed E-state index contributed by atoms with van der Waals surface area (Å²) in [6.07, 6.45) is 7.47. The van der Waals surface area contributed by atoms with Gasteiger partial charge in [-0.05, 0) is 29.3 Å². The first-order valence-electron chi connectivity index (χ1n) is 7.52. The molecule has 110 valence electrons. The molecule has 2 aromatic heterocycles. The van der Waals surface area contributed by atoms with Gasteiger partial charge in [0.1, 0.15) is 0 Å². The summed E-state index contributed by atoms with van der Waals surface area (Å²) in [5.74, 6) is 0. The van der Waals surface area contributed by atoms with E-state index < -0.39 is 0 Å². The van der Waals surface area contributed by atoms with E-state index in [1.165, 1.54) is 16.5 Å². The zero-order chi connectivity index (χ0) is 15.5. The molecule has 0 aliphatic carbocycles. The van der Waals surface area contributed by atoms with Gasteiger partial charge in [-0.25, -0.2) is 4.68 Å². The van der Waals surface area contributed by atoms with Crippen LogP contribution in [0.25, 0.3) is 22.0 Å². The number of benzene rings is 2. The molecule has 23 heavy (non-hydrogen) atoms. The highest BCUT2D eigenvalue weighted by molar-refractivity contribution is 5.96. The monoisotopic (exact) mass is 297 g/mol. The van der Waals surface area contributed by atoms with Crippen molar-refractivity contribution in [1.82, 2.24) is 9.66 Å². The van der Waals surface area contributed by atoms with Gasteiger partial charge in [-0.2, -0.15) is 5.10 Å². The minimum absolute atomic E-state index is 1.03. The van der Waals surface area contributed by atoms with E-state index in [0.717, 1.165) is 11.1 Å². The van der Waals surface area contributed by atoms with E-state index >= 15 is 0 Å². The SMILES string of the molecule is C(=Nn1cc(-c2ccccc2)c2ccccc21)c1ccncc1. The largest absolute Gasteiger partial charge is 0.265 e. The number of hydrogen-bond acceptors (Lipinski definition) is 2. The van der Waals surface area contributed by atoms with E-state index in [0.29, 0.717) is 0 Å². The van der Waals surface area contributed by atoms with Crippen molar-refractivity contribution in [3.8, 4) is 11.1 Å². The maximum atomic E-state index is 4.61. The van der Waals surface area contributed by atoms with E-state index in [9.17, 15) is 0 Å². The smallest absolute Gasteiger partial charge is 0.0724 e. The molecule has 4 aromatic rings. The van der Waals surface area contributed by atoms with Gasteiger partial charge < -0.3 is 0 Å². The summed E-state index contributed by atoms with van der Waals surface area (Å²) < 4.78 is 1.93. The standard InChI is InChI=1S/C20H15N3/c1-2-6-17(7-3-1)19-15-23(20-9-5-4-8-18(19)20)22-14-16-10-12-21-13-11-16/h1-15H. The first-order chi connectivity index (χ1) is 11.4. The summed E-state index contributed by atoms with van der Waals surface area (Å²) in [4.78, 5) is 4.03. The molecule has 0 aliphatic heterocycles. The molecule has 0 bridgehead atoms. The van der Waals surface area contributed by atoms with Crippen LogP contribution in [0.1, 0.15) is 5.56 Å². The minimum Gasteiger partial charge on any atom is -0.265 e. The lowest BCUT2D eigenvalue weighted by Crippen LogP contribution is -1.88. The molecule has 0 unspecified atom stereocenters. The van der Waals surface area contributed by atoms with Crippen molar-refractivity contribution in [3.05, 3.63) is 90.9 Å². The second kappa shape index (κ2) is 5.89. The average Bonchev–Trinajstić information content (AvgIpc) is 3.01. The number of rotatable bonds is 3. The Morgan fingerprint density at radius 1 is 0.826 bits per heavy atom. The first kappa shape index (κ1) is 13.5. The lowest BCUT2D eigenvalue weighted by molar-refractivity contribution is 0.934. The molecule has 0 spiro atoms. The molecule has 4 rings (SSSR count). The molecule has 2 aromatic carbocycles. The highest BCUT2D eigenvalue weighted by Crippen LogP contribution is 2.30. The second-order valence-corrected chi connectivity index (χ2v) is 5.30. The summed E-state index contributed by atoms with van der Waals surface area (Å²) in [5.41, 5.74) is 4.50. The fourth-order valence-electron chi connectivity index (χ4n) is 2.68. The Morgan fingerprint density at radius 2 is 1.57 bits per heavy atom. The van der Waals surface area contributed by atoms with Crippen LogP contribution in [-0.2, 0) is 0 Å². The van der Waals surface area contributed by atoms with Gasteiger partial charge in [0.2, 0.25) is 0 Å².